The molecule has 7 heteroatoms. The van der Waals surface area contributed by atoms with Crippen molar-refractivity contribution in [3.8, 4) is 6.07 Å². The van der Waals surface area contributed by atoms with Crippen molar-refractivity contribution in [3.63, 3.8) is 0 Å². The van der Waals surface area contributed by atoms with Crippen LogP contribution < -0.4 is 10.2 Å². The molecular formula is C20H22ClN5O. The fourth-order valence-corrected chi connectivity index (χ4v) is 3.35. The second kappa shape index (κ2) is 8.36. The summed E-state index contributed by atoms with van der Waals surface area (Å²) in [6.07, 6.45) is 3.39. The number of nitrogens with zero attached hydrogens (tertiary/aromatic N) is 4. The van der Waals surface area contributed by atoms with Gasteiger partial charge in [-0.15, -0.1) is 0 Å². The Bertz CT molecular complexity index is 860. The van der Waals surface area contributed by atoms with Gasteiger partial charge in [-0.25, -0.2) is 9.97 Å². The number of nitriles is 1. The van der Waals surface area contributed by atoms with Crippen molar-refractivity contribution in [1.29, 1.82) is 5.26 Å². The number of carbonyl (C=O) groups is 1. The van der Waals surface area contributed by atoms with Crippen molar-refractivity contribution in [2.75, 3.05) is 18.0 Å². The van der Waals surface area contributed by atoms with E-state index in [1.165, 1.54) is 5.56 Å². The number of rotatable bonds is 4. The molecule has 2 aromatic rings. The normalized spacial score (nSPS) is 16.9. The molecule has 1 aromatic carbocycles. The van der Waals surface area contributed by atoms with Gasteiger partial charge in [-0.3, -0.25) is 4.79 Å². The lowest BCUT2D eigenvalue weighted by atomic mass is 10.0. The summed E-state index contributed by atoms with van der Waals surface area (Å²) in [5.74, 6) is 0.995. The maximum Gasteiger partial charge on any atom is 0.251 e. The Labute approximate surface area is 164 Å². The third kappa shape index (κ3) is 4.55. The van der Waals surface area contributed by atoms with Crippen LogP contribution in [0.4, 0.5) is 5.82 Å². The fourth-order valence-electron chi connectivity index (χ4n) is 3.18. The standard InChI is InChI=1S/C20H22ClN5O/c1-13(2)14-5-7-15(8-6-14)20(27)24-16-4-3-9-26(12-16)18-11-23-17(10-22)19(21)25-18/h5-8,11,13,16H,3-4,9,12H2,1-2H3,(H,24,27)/t16-/m1/s1. The van der Waals surface area contributed by atoms with Gasteiger partial charge in [-0.05, 0) is 36.5 Å². The first-order valence-corrected chi connectivity index (χ1v) is 9.44. The van der Waals surface area contributed by atoms with Crippen LogP contribution in [-0.2, 0) is 0 Å². The first-order valence-electron chi connectivity index (χ1n) is 9.06. The molecule has 6 nitrogen and oxygen atoms in total. The zero-order valence-corrected chi connectivity index (χ0v) is 16.2. The molecule has 3 rings (SSSR count). The number of hydrogen-bond acceptors (Lipinski definition) is 5. The summed E-state index contributed by atoms with van der Waals surface area (Å²) >= 11 is 5.99. The van der Waals surface area contributed by atoms with E-state index in [4.69, 9.17) is 16.9 Å². The van der Waals surface area contributed by atoms with Crippen LogP contribution in [0.1, 0.15) is 54.2 Å². The lowest BCUT2D eigenvalue weighted by Gasteiger charge is -2.33. The number of benzene rings is 1. The van der Waals surface area contributed by atoms with E-state index in [2.05, 4.69) is 29.1 Å². The van der Waals surface area contributed by atoms with Crippen LogP contribution in [-0.4, -0.2) is 35.0 Å². The van der Waals surface area contributed by atoms with Gasteiger partial charge in [-0.1, -0.05) is 37.6 Å². The van der Waals surface area contributed by atoms with E-state index in [0.29, 0.717) is 23.8 Å². The number of hydrogen-bond donors (Lipinski definition) is 1. The van der Waals surface area contributed by atoms with Crippen LogP contribution in [0.25, 0.3) is 0 Å². The van der Waals surface area contributed by atoms with E-state index in [9.17, 15) is 4.79 Å². The first kappa shape index (κ1) is 19.1. The molecular weight excluding hydrogens is 362 g/mol. The highest BCUT2D eigenvalue weighted by Gasteiger charge is 2.23. The van der Waals surface area contributed by atoms with Crippen molar-refractivity contribution in [2.24, 2.45) is 0 Å². The number of carbonyl (C=O) groups excluding carboxylic acids is 1. The van der Waals surface area contributed by atoms with Gasteiger partial charge in [0.15, 0.2) is 10.8 Å². The van der Waals surface area contributed by atoms with Crippen LogP contribution >= 0.6 is 11.6 Å². The maximum atomic E-state index is 12.6. The van der Waals surface area contributed by atoms with E-state index in [0.717, 1.165) is 19.4 Å². The molecule has 1 N–H and O–H groups in total. The lowest BCUT2D eigenvalue weighted by molar-refractivity contribution is 0.0933. The lowest BCUT2D eigenvalue weighted by Crippen LogP contribution is -2.48. The molecule has 0 aliphatic carbocycles. The molecule has 1 fully saturated rings. The van der Waals surface area contributed by atoms with Gasteiger partial charge in [-0.2, -0.15) is 5.26 Å². The molecule has 1 aromatic heterocycles. The van der Waals surface area contributed by atoms with Crippen LogP contribution in [0.5, 0.6) is 0 Å². The molecule has 1 amide bonds. The molecule has 1 aliphatic heterocycles. The smallest absolute Gasteiger partial charge is 0.251 e. The molecule has 0 saturated carbocycles. The SMILES string of the molecule is CC(C)c1ccc(C(=O)N[C@@H]2CCCN(c3cnc(C#N)c(Cl)n3)C2)cc1. The molecule has 140 valence electrons. The summed E-state index contributed by atoms with van der Waals surface area (Å²) in [6.45, 7) is 5.70. The minimum Gasteiger partial charge on any atom is -0.353 e. The average Bonchev–Trinajstić information content (AvgIpc) is 2.68. The molecule has 0 bridgehead atoms. The number of nitrogens with one attached hydrogen (secondary N) is 1. The predicted octanol–water partition coefficient (Wildman–Crippen LogP) is 3.52. The van der Waals surface area contributed by atoms with Crippen molar-refractivity contribution < 1.29 is 4.79 Å². The number of anilines is 1. The van der Waals surface area contributed by atoms with Gasteiger partial charge in [0.2, 0.25) is 0 Å². The van der Waals surface area contributed by atoms with Crippen molar-refractivity contribution in [2.45, 2.75) is 38.6 Å². The Hall–Kier alpha value is -2.65. The minimum atomic E-state index is -0.0684. The highest BCUT2D eigenvalue weighted by Crippen LogP contribution is 2.21. The second-order valence-electron chi connectivity index (χ2n) is 7.01. The Kier molecular flexibility index (Phi) is 5.92. The summed E-state index contributed by atoms with van der Waals surface area (Å²) in [4.78, 5) is 22.9. The minimum absolute atomic E-state index is 0.0206. The highest BCUT2D eigenvalue weighted by atomic mass is 35.5. The molecule has 2 heterocycles. The van der Waals surface area contributed by atoms with Crippen molar-refractivity contribution in [3.05, 3.63) is 52.4 Å². The van der Waals surface area contributed by atoms with Gasteiger partial charge in [0.1, 0.15) is 11.9 Å². The highest BCUT2D eigenvalue weighted by molar-refractivity contribution is 6.30. The van der Waals surface area contributed by atoms with E-state index >= 15 is 0 Å². The molecule has 1 saturated heterocycles. The number of aromatic nitrogens is 2. The number of piperidine rings is 1. The van der Waals surface area contributed by atoms with E-state index < -0.39 is 0 Å². The fraction of sp³-hybridized carbons (Fsp3) is 0.400. The van der Waals surface area contributed by atoms with Crippen LogP contribution in [0.2, 0.25) is 5.15 Å². The Morgan fingerprint density at radius 1 is 1.37 bits per heavy atom. The summed E-state index contributed by atoms with van der Waals surface area (Å²) in [5.41, 5.74) is 2.00. The summed E-state index contributed by atoms with van der Waals surface area (Å²) in [6, 6.07) is 9.68. The average molecular weight is 384 g/mol. The molecule has 27 heavy (non-hydrogen) atoms. The van der Waals surface area contributed by atoms with Crippen LogP contribution in [0.3, 0.4) is 0 Å². The zero-order valence-electron chi connectivity index (χ0n) is 15.4. The first-order chi connectivity index (χ1) is 13.0. The quantitative estimate of drug-likeness (QED) is 0.873. The summed E-state index contributed by atoms with van der Waals surface area (Å²) in [5, 5.41) is 12.1. The molecule has 0 unspecified atom stereocenters. The van der Waals surface area contributed by atoms with Crippen molar-refractivity contribution >= 4 is 23.3 Å². The topological polar surface area (TPSA) is 81.9 Å². The number of halogens is 1. The van der Waals surface area contributed by atoms with Crippen molar-refractivity contribution in [1.82, 2.24) is 15.3 Å². The van der Waals surface area contributed by atoms with Gasteiger partial charge >= 0.3 is 0 Å². The predicted molar refractivity (Wildman–Crippen MR) is 105 cm³/mol. The summed E-state index contributed by atoms with van der Waals surface area (Å²) in [7, 11) is 0. The van der Waals surface area contributed by atoms with E-state index in [1.54, 1.807) is 6.20 Å². The van der Waals surface area contributed by atoms with Gasteiger partial charge < -0.3 is 10.2 Å². The molecule has 1 aliphatic rings. The largest absolute Gasteiger partial charge is 0.353 e. The molecule has 0 spiro atoms. The molecule has 1 atom stereocenters. The van der Waals surface area contributed by atoms with E-state index in [-0.39, 0.29) is 22.8 Å². The van der Waals surface area contributed by atoms with Crippen LogP contribution in [0.15, 0.2) is 30.5 Å². The third-order valence-corrected chi connectivity index (χ3v) is 5.01. The van der Waals surface area contributed by atoms with Crippen LogP contribution in [0, 0.1) is 11.3 Å². The zero-order chi connectivity index (χ0) is 19.4. The van der Waals surface area contributed by atoms with Gasteiger partial charge in [0.25, 0.3) is 5.91 Å². The second-order valence-corrected chi connectivity index (χ2v) is 7.37. The van der Waals surface area contributed by atoms with E-state index in [1.807, 2.05) is 35.2 Å². The third-order valence-electron chi connectivity index (χ3n) is 4.74. The maximum absolute atomic E-state index is 12.6. The monoisotopic (exact) mass is 383 g/mol. The molecule has 0 radical (unpaired) electrons. The van der Waals surface area contributed by atoms with Gasteiger partial charge in [0.05, 0.1) is 6.20 Å². The Morgan fingerprint density at radius 3 is 2.74 bits per heavy atom. The number of amides is 1. The van der Waals surface area contributed by atoms with Gasteiger partial charge in [0, 0.05) is 24.7 Å². The Morgan fingerprint density at radius 2 is 2.11 bits per heavy atom. The Balaban J connectivity index is 1.65. The summed E-state index contributed by atoms with van der Waals surface area (Å²) < 4.78 is 0.